The molecule has 0 atom stereocenters. The van der Waals surface area contributed by atoms with Crippen LogP contribution < -0.4 is 4.74 Å². The van der Waals surface area contributed by atoms with E-state index in [2.05, 4.69) is 34.0 Å². The fraction of sp³-hybridized carbons (Fsp3) is 0.500. The first kappa shape index (κ1) is 21.3. The minimum absolute atomic E-state index is 0.251. The zero-order valence-corrected chi connectivity index (χ0v) is 17.7. The summed E-state index contributed by atoms with van der Waals surface area (Å²) in [7, 11) is 3.86. The molecule has 0 unspecified atom stereocenters. The number of carbonyl (C=O) groups is 1. The number of aryl methyl sites for hydroxylation is 1. The van der Waals surface area contributed by atoms with Gasteiger partial charge in [0.15, 0.2) is 0 Å². The average molecular weight is 396 g/mol. The summed E-state index contributed by atoms with van der Waals surface area (Å²) in [5.41, 5.74) is 2.36. The standard InChI is InChI=1S/C24H33N3O2/c1-26-15-11-22(12-16-26)19-27(17-13-20-5-8-23(29-2)9-6-20)24(28)10-7-21-4-3-14-25-18-21/h3-6,8-9,14,18,22H,7,10-13,15-17,19H2,1-2H3. The molecule has 1 fully saturated rings. The fourth-order valence-electron chi connectivity index (χ4n) is 3.89. The van der Waals surface area contributed by atoms with Crippen molar-refractivity contribution in [2.24, 2.45) is 5.92 Å². The molecule has 2 heterocycles. The zero-order valence-electron chi connectivity index (χ0n) is 17.7. The summed E-state index contributed by atoms with van der Waals surface area (Å²) in [6.07, 6.45) is 8.13. The molecule has 0 N–H and O–H groups in total. The van der Waals surface area contributed by atoms with E-state index in [1.807, 2.05) is 30.5 Å². The van der Waals surface area contributed by atoms with Gasteiger partial charge in [0.2, 0.25) is 5.91 Å². The Morgan fingerprint density at radius 2 is 1.90 bits per heavy atom. The van der Waals surface area contributed by atoms with Crippen molar-refractivity contribution in [3.05, 3.63) is 59.9 Å². The third-order valence-electron chi connectivity index (χ3n) is 5.85. The number of hydrogen-bond donors (Lipinski definition) is 0. The molecule has 5 heteroatoms. The highest BCUT2D eigenvalue weighted by molar-refractivity contribution is 5.76. The normalized spacial score (nSPS) is 15.2. The van der Waals surface area contributed by atoms with Crippen molar-refractivity contribution >= 4 is 5.91 Å². The number of hydrogen-bond acceptors (Lipinski definition) is 4. The number of ether oxygens (including phenoxy) is 1. The van der Waals surface area contributed by atoms with Crippen LogP contribution in [0.4, 0.5) is 0 Å². The Balaban J connectivity index is 1.59. The second-order valence-electron chi connectivity index (χ2n) is 8.05. The quantitative estimate of drug-likeness (QED) is 0.653. The molecule has 0 saturated carbocycles. The van der Waals surface area contributed by atoms with E-state index < -0.39 is 0 Å². The van der Waals surface area contributed by atoms with Gasteiger partial charge in [-0.25, -0.2) is 0 Å². The number of benzene rings is 1. The number of pyridine rings is 1. The summed E-state index contributed by atoms with van der Waals surface area (Å²) in [6, 6.07) is 12.1. The number of rotatable bonds is 9. The molecule has 3 rings (SSSR count). The van der Waals surface area contributed by atoms with Crippen molar-refractivity contribution in [2.45, 2.75) is 32.1 Å². The van der Waals surface area contributed by atoms with Crippen LogP contribution in [0.15, 0.2) is 48.8 Å². The van der Waals surface area contributed by atoms with Gasteiger partial charge in [-0.05, 0) is 81.1 Å². The summed E-state index contributed by atoms with van der Waals surface area (Å²) < 4.78 is 5.24. The van der Waals surface area contributed by atoms with Gasteiger partial charge in [-0.1, -0.05) is 18.2 Å². The van der Waals surface area contributed by atoms with Crippen LogP contribution in [-0.2, 0) is 17.6 Å². The second kappa shape index (κ2) is 11.0. The van der Waals surface area contributed by atoms with Crippen LogP contribution in [-0.4, -0.2) is 61.0 Å². The van der Waals surface area contributed by atoms with Crippen LogP contribution in [0.3, 0.4) is 0 Å². The third kappa shape index (κ3) is 6.86. The van der Waals surface area contributed by atoms with E-state index in [0.29, 0.717) is 12.3 Å². The molecular formula is C24H33N3O2. The first-order chi connectivity index (χ1) is 14.1. The minimum Gasteiger partial charge on any atom is -0.497 e. The van der Waals surface area contributed by atoms with Gasteiger partial charge in [-0.15, -0.1) is 0 Å². The molecule has 0 radical (unpaired) electrons. The molecule has 1 amide bonds. The van der Waals surface area contributed by atoms with E-state index in [1.54, 1.807) is 13.3 Å². The number of piperidine rings is 1. The van der Waals surface area contributed by atoms with Gasteiger partial charge in [0, 0.05) is 31.9 Å². The number of nitrogens with zero attached hydrogens (tertiary/aromatic N) is 3. The molecule has 5 nitrogen and oxygen atoms in total. The van der Waals surface area contributed by atoms with Gasteiger partial charge >= 0.3 is 0 Å². The van der Waals surface area contributed by atoms with Crippen molar-refractivity contribution in [3.8, 4) is 5.75 Å². The molecule has 1 aromatic carbocycles. The van der Waals surface area contributed by atoms with E-state index in [0.717, 1.165) is 50.3 Å². The third-order valence-corrected chi connectivity index (χ3v) is 5.85. The summed E-state index contributed by atoms with van der Waals surface area (Å²) in [4.78, 5) is 21.7. The summed E-state index contributed by atoms with van der Waals surface area (Å²) in [6.45, 7) is 3.89. The maximum atomic E-state index is 13.1. The van der Waals surface area contributed by atoms with Gasteiger partial charge in [0.1, 0.15) is 5.75 Å². The Kier molecular flexibility index (Phi) is 8.05. The van der Waals surface area contributed by atoms with Gasteiger partial charge in [0.25, 0.3) is 0 Å². The molecule has 29 heavy (non-hydrogen) atoms. The Bertz CT molecular complexity index is 740. The van der Waals surface area contributed by atoms with Crippen molar-refractivity contribution in [1.29, 1.82) is 0 Å². The molecule has 1 aromatic heterocycles. The first-order valence-electron chi connectivity index (χ1n) is 10.6. The largest absolute Gasteiger partial charge is 0.497 e. The van der Waals surface area contributed by atoms with E-state index in [-0.39, 0.29) is 5.91 Å². The van der Waals surface area contributed by atoms with Crippen LogP contribution in [0.1, 0.15) is 30.4 Å². The van der Waals surface area contributed by atoms with E-state index >= 15 is 0 Å². The molecular weight excluding hydrogens is 362 g/mol. The van der Waals surface area contributed by atoms with Crippen LogP contribution >= 0.6 is 0 Å². The topological polar surface area (TPSA) is 45.7 Å². The number of likely N-dealkylation sites (tertiary alicyclic amines) is 1. The predicted molar refractivity (Wildman–Crippen MR) is 116 cm³/mol. The maximum absolute atomic E-state index is 13.1. The summed E-state index contributed by atoms with van der Waals surface area (Å²) >= 11 is 0. The Morgan fingerprint density at radius 1 is 1.14 bits per heavy atom. The second-order valence-corrected chi connectivity index (χ2v) is 8.05. The summed E-state index contributed by atoms with van der Waals surface area (Å²) in [5, 5.41) is 0. The van der Waals surface area contributed by atoms with E-state index in [9.17, 15) is 4.79 Å². The van der Waals surface area contributed by atoms with Crippen molar-refractivity contribution in [1.82, 2.24) is 14.8 Å². The van der Waals surface area contributed by atoms with Gasteiger partial charge in [0.05, 0.1) is 7.11 Å². The van der Waals surface area contributed by atoms with Crippen molar-refractivity contribution < 1.29 is 9.53 Å². The molecule has 2 aromatic rings. The van der Waals surface area contributed by atoms with E-state index in [4.69, 9.17) is 4.74 Å². The Hall–Kier alpha value is -2.40. The Morgan fingerprint density at radius 3 is 2.55 bits per heavy atom. The van der Waals surface area contributed by atoms with Crippen LogP contribution in [0.5, 0.6) is 5.75 Å². The molecule has 156 valence electrons. The van der Waals surface area contributed by atoms with Gasteiger partial charge in [-0.3, -0.25) is 9.78 Å². The van der Waals surface area contributed by atoms with Gasteiger partial charge in [-0.2, -0.15) is 0 Å². The molecule has 0 bridgehead atoms. The lowest BCUT2D eigenvalue weighted by atomic mass is 9.96. The molecule has 0 aliphatic carbocycles. The highest BCUT2D eigenvalue weighted by atomic mass is 16.5. The maximum Gasteiger partial charge on any atom is 0.222 e. The van der Waals surface area contributed by atoms with Crippen LogP contribution in [0, 0.1) is 5.92 Å². The van der Waals surface area contributed by atoms with Gasteiger partial charge < -0.3 is 14.5 Å². The lowest BCUT2D eigenvalue weighted by Gasteiger charge is -2.33. The molecule has 1 saturated heterocycles. The monoisotopic (exact) mass is 395 g/mol. The smallest absolute Gasteiger partial charge is 0.222 e. The number of aromatic nitrogens is 1. The van der Waals surface area contributed by atoms with Crippen molar-refractivity contribution in [3.63, 3.8) is 0 Å². The average Bonchev–Trinajstić information content (AvgIpc) is 2.77. The molecule has 0 spiro atoms. The number of methoxy groups -OCH3 is 1. The van der Waals surface area contributed by atoms with Crippen LogP contribution in [0.25, 0.3) is 0 Å². The first-order valence-corrected chi connectivity index (χ1v) is 10.6. The lowest BCUT2D eigenvalue weighted by molar-refractivity contribution is -0.132. The van der Waals surface area contributed by atoms with Crippen LogP contribution in [0.2, 0.25) is 0 Å². The summed E-state index contributed by atoms with van der Waals surface area (Å²) in [5.74, 6) is 1.72. The Labute approximate surface area is 174 Å². The molecule has 1 aliphatic rings. The highest BCUT2D eigenvalue weighted by Crippen LogP contribution is 2.19. The number of carbonyl (C=O) groups excluding carboxylic acids is 1. The predicted octanol–water partition coefficient (Wildman–Crippen LogP) is 3.44. The van der Waals surface area contributed by atoms with Crippen molar-refractivity contribution in [2.75, 3.05) is 40.3 Å². The fourth-order valence-corrected chi connectivity index (χ4v) is 3.89. The zero-order chi connectivity index (χ0) is 20.5. The SMILES string of the molecule is COc1ccc(CCN(CC2CCN(C)CC2)C(=O)CCc2cccnc2)cc1. The number of amides is 1. The minimum atomic E-state index is 0.251. The van der Waals surface area contributed by atoms with E-state index in [1.165, 1.54) is 18.4 Å². The lowest BCUT2D eigenvalue weighted by Crippen LogP contribution is -2.40. The molecule has 1 aliphatic heterocycles. The highest BCUT2D eigenvalue weighted by Gasteiger charge is 2.22.